The van der Waals surface area contributed by atoms with Crippen LogP contribution in [0.1, 0.15) is 97.1 Å². The molecule has 0 heterocycles. The Morgan fingerprint density at radius 2 is 0.469 bits per heavy atom. The van der Waals surface area contributed by atoms with Gasteiger partial charge >= 0.3 is 7.12 Å². The number of aliphatic hydroxyl groups is 2. The first-order valence-electron chi connectivity index (χ1n) is 47.1. The number of carbonyl (C=O) groups excluding carboxylic acids is 4. The van der Waals surface area contributed by atoms with Crippen LogP contribution in [0.3, 0.4) is 0 Å². The van der Waals surface area contributed by atoms with E-state index in [1.807, 2.05) is 109 Å². The van der Waals surface area contributed by atoms with Gasteiger partial charge in [-0.05, 0) is 283 Å². The van der Waals surface area contributed by atoms with Gasteiger partial charge in [-0.1, -0.05) is 418 Å². The second kappa shape index (κ2) is 37.4. The second-order valence-corrected chi connectivity index (χ2v) is 39.1. The molecule has 13 heteroatoms. The minimum Gasteiger partial charge on any atom is -0.423 e. The molecule has 0 saturated carbocycles. The lowest BCUT2D eigenvalue weighted by molar-refractivity contribution is 0.0748. The Hall–Kier alpha value is -16.3. The fourth-order valence-corrected chi connectivity index (χ4v) is 22.4. The highest BCUT2D eigenvalue weighted by Crippen LogP contribution is 2.56. The second-order valence-electron chi connectivity index (χ2n) is 36.4. The van der Waals surface area contributed by atoms with Crippen LogP contribution in [0.25, 0.3) is 152 Å². The van der Waals surface area contributed by atoms with Crippen LogP contribution in [-0.2, 0) is 11.2 Å². The Morgan fingerprint density at radius 3 is 0.867 bits per heavy atom. The number of hydrogen-bond donors (Lipinski definition) is 5. The summed E-state index contributed by atoms with van der Waals surface area (Å²) >= 11 is 10.7. The normalized spacial score (nSPS) is 14.3. The largest absolute Gasteiger partial charge is 0.488 e. The van der Waals surface area contributed by atoms with E-state index >= 15 is 0 Å². The predicted molar refractivity (Wildman–Crippen MR) is 596 cm³/mol. The first-order valence-corrected chi connectivity index (χ1v) is 49.5. The highest BCUT2D eigenvalue weighted by molar-refractivity contribution is 9.11. The Bertz CT molecular complexity index is 9330. The van der Waals surface area contributed by atoms with Gasteiger partial charge in [0.2, 0.25) is 0 Å². The monoisotopic (exact) mass is 2030 g/mol. The quantitative estimate of drug-likeness (QED) is 0.0591. The molecule has 0 aliphatic heterocycles. The maximum absolute atomic E-state index is 12.7. The third-order valence-electron chi connectivity index (χ3n) is 28.1. The van der Waals surface area contributed by atoms with E-state index in [1.54, 1.807) is 84.9 Å². The Labute approximate surface area is 849 Å². The number of rotatable bonds is 7. The van der Waals surface area contributed by atoms with Gasteiger partial charge in [-0.25, -0.2) is 0 Å². The molecule has 0 bridgehead atoms. The minimum atomic E-state index is -1.54. The standard InChI is InChI=1S/C34H23BO2.C34H23BrO2.C34H21Br.C14H7BrO2.C14H9NO2/c36-35(37)28-17-18-31-32(21-28)34(27-16-14-23-8-2-4-10-25(23)20-27)30-12-6-5-11-29(30)33(31)26-15-13-22-7-1-3-9-24(22)19-26;35-28-17-18-31-32(21-28)34(37,27-16-14-23-8-2-4-10-25(23)20-27)30-12-6-5-11-29(30)33(31,36)26-15-13-22-7-1-3-9-24(22)19-26;35-28-17-18-31-32(21-28)34(27-16-14-23-8-2-4-10-25(23)20-27)30-12-6-5-11-29(30)33(31)26-15-13-22-7-1-3-9-24(22)19-26;2*15-8-5-6-11-12(7-8)14(17)10-4-2-1-3-9(10)13(11)16/h2*1-21,36-37H;1-21H;1-7H;1-7H,15H2. The molecule has 0 radical (unpaired) electrons. The lowest BCUT2D eigenvalue weighted by Crippen LogP contribution is -2.44. The van der Waals surface area contributed by atoms with E-state index in [1.165, 1.54) is 92.3 Å². The van der Waals surface area contributed by atoms with Gasteiger partial charge in [0.25, 0.3) is 0 Å². The molecule has 3 aliphatic carbocycles. The molecular weight excluding hydrogens is 1950 g/mol. The number of carbonyl (C=O) groups is 4. The molecular formula is C130H83BBr3NO8. The molecule has 24 aromatic rings. The fraction of sp³-hybridized carbons (Fsp3) is 0.0154. The van der Waals surface area contributed by atoms with Crippen molar-refractivity contribution in [2.75, 3.05) is 5.73 Å². The molecule has 2 atom stereocenters. The van der Waals surface area contributed by atoms with Crippen molar-refractivity contribution < 1.29 is 39.4 Å². The van der Waals surface area contributed by atoms with E-state index in [0.717, 1.165) is 84.5 Å². The number of nitrogen functional groups attached to an aromatic ring is 1. The summed E-state index contributed by atoms with van der Waals surface area (Å²) in [6.07, 6.45) is 0. The van der Waals surface area contributed by atoms with E-state index < -0.39 is 18.3 Å². The van der Waals surface area contributed by atoms with Crippen LogP contribution in [0.15, 0.2) is 481 Å². The van der Waals surface area contributed by atoms with Crippen LogP contribution in [0.4, 0.5) is 5.69 Å². The van der Waals surface area contributed by atoms with Crippen LogP contribution in [-0.4, -0.2) is 50.5 Å². The van der Waals surface area contributed by atoms with Crippen LogP contribution in [0.2, 0.25) is 0 Å². The summed E-state index contributed by atoms with van der Waals surface area (Å²) in [7, 11) is -1.54. The van der Waals surface area contributed by atoms with Gasteiger partial charge in [-0.3, -0.25) is 19.2 Å². The summed E-state index contributed by atoms with van der Waals surface area (Å²) in [6, 6.07) is 156. The van der Waals surface area contributed by atoms with Crippen LogP contribution >= 0.6 is 47.8 Å². The Balaban J connectivity index is 0.000000103. The van der Waals surface area contributed by atoms with Gasteiger partial charge in [0.05, 0.1) is 0 Å². The maximum atomic E-state index is 12.7. The van der Waals surface area contributed by atoms with Gasteiger partial charge in [0, 0.05) is 69.2 Å². The lowest BCUT2D eigenvalue weighted by atomic mass is 9.63. The molecule has 9 nitrogen and oxygen atoms in total. The van der Waals surface area contributed by atoms with Crippen LogP contribution in [0, 0.1) is 0 Å². The van der Waals surface area contributed by atoms with Crippen molar-refractivity contribution in [1.29, 1.82) is 0 Å². The first kappa shape index (κ1) is 90.5. The van der Waals surface area contributed by atoms with Crippen molar-refractivity contribution in [3.63, 3.8) is 0 Å². The molecule has 3 aliphatic rings. The number of fused-ring (bicyclic) bond motifs is 16. The molecule has 2 unspecified atom stereocenters. The molecule has 0 fully saturated rings. The molecule has 0 aromatic heterocycles. The predicted octanol–water partition coefficient (Wildman–Crippen LogP) is 30.6. The van der Waals surface area contributed by atoms with E-state index in [2.05, 4.69) is 321 Å². The molecule has 143 heavy (non-hydrogen) atoms. The smallest absolute Gasteiger partial charge is 0.423 e. The third kappa shape index (κ3) is 16.3. The number of benzene rings is 24. The lowest BCUT2D eigenvalue weighted by Gasteiger charge is -2.45. The van der Waals surface area contributed by atoms with Crippen molar-refractivity contribution in [3.05, 3.63) is 558 Å². The van der Waals surface area contributed by atoms with E-state index in [-0.39, 0.29) is 23.1 Å². The zero-order valence-electron chi connectivity index (χ0n) is 76.7. The van der Waals surface area contributed by atoms with E-state index in [9.17, 15) is 39.4 Å². The van der Waals surface area contributed by atoms with Crippen LogP contribution < -0.4 is 11.2 Å². The van der Waals surface area contributed by atoms with Gasteiger partial charge in [-0.2, -0.15) is 0 Å². The topological polar surface area (TPSA) is 175 Å². The molecule has 0 amide bonds. The summed E-state index contributed by atoms with van der Waals surface area (Å²) in [4.78, 5) is 48.8. The van der Waals surface area contributed by atoms with Crippen molar-refractivity contribution in [2.24, 2.45) is 0 Å². The molecule has 27 rings (SSSR count). The van der Waals surface area contributed by atoms with Gasteiger partial charge in [-0.15, -0.1) is 0 Å². The summed E-state index contributed by atoms with van der Waals surface area (Å²) < 4.78 is 2.73. The molecule has 0 saturated heterocycles. The highest BCUT2D eigenvalue weighted by Gasteiger charge is 2.51. The highest BCUT2D eigenvalue weighted by atomic mass is 79.9. The average Bonchev–Trinajstić information content (AvgIpc) is 0.687. The third-order valence-corrected chi connectivity index (χ3v) is 29.6. The molecule has 0 spiro atoms. The first-order chi connectivity index (χ1) is 69.8. The van der Waals surface area contributed by atoms with Gasteiger partial charge in [0.15, 0.2) is 23.1 Å². The van der Waals surface area contributed by atoms with E-state index in [0.29, 0.717) is 77.9 Å². The summed E-state index contributed by atoms with van der Waals surface area (Å²) in [5.41, 5.74) is 21.2. The maximum Gasteiger partial charge on any atom is 0.488 e. The van der Waals surface area contributed by atoms with Crippen molar-refractivity contribution >= 4 is 197 Å². The number of anilines is 1. The fourth-order valence-electron chi connectivity index (χ4n) is 21.3. The Morgan fingerprint density at radius 1 is 0.203 bits per heavy atom. The molecule has 6 N–H and O–H groups in total. The number of ketones is 4. The zero-order valence-corrected chi connectivity index (χ0v) is 81.4. The van der Waals surface area contributed by atoms with E-state index in [4.69, 9.17) is 5.73 Å². The summed E-state index contributed by atoms with van der Waals surface area (Å²) in [5, 5.41) is 69.2. The number of halogens is 3. The summed E-state index contributed by atoms with van der Waals surface area (Å²) in [5.74, 6) is -0.420. The zero-order chi connectivity index (χ0) is 97.5. The van der Waals surface area contributed by atoms with Crippen LogP contribution in [0.5, 0.6) is 0 Å². The summed E-state index contributed by atoms with van der Waals surface area (Å²) in [6.45, 7) is 0. The van der Waals surface area contributed by atoms with Crippen molar-refractivity contribution in [1.82, 2.24) is 0 Å². The van der Waals surface area contributed by atoms with Crippen molar-refractivity contribution in [2.45, 2.75) is 11.2 Å². The number of nitrogens with two attached hydrogens (primary N) is 1. The SMILES string of the molecule is Brc1ccc2c(-c3ccc4ccccc4c3)c3ccccc3c(-c3ccc4ccccc4c3)c2c1.Nc1ccc2c(c1)C(=O)c1ccccc1C2=O.O=C1c2ccccc2C(=O)c2cc(Br)ccc21.OB(O)c1ccc2c(-c3ccc4ccccc4c3)c3ccccc3c(-c3ccc4ccccc4c3)c2c1.OC1(c2ccc3ccccc3c2)c2ccccc2C(O)(c2ccc3ccccc3c2)c2cc(Br)ccc21. The average molecular weight is 2040 g/mol. The van der Waals surface area contributed by atoms with Crippen molar-refractivity contribution in [3.8, 4) is 44.5 Å². The Kier molecular flexibility index (Phi) is 23.7. The number of hydrogen-bond acceptors (Lipinski definition) is 9. The molecule has 24 aromatic carbocycles. The van der Waals surface area contributed by atoms with Gasteiger partial charge < -0.3 is 26.0 Å². The minimum absolute atomic E-state index is 0.0808. The molecule has 680 valence electrons. The van der Waals surface area contributed by atoms with Gasteiger partial charge in [0.1, 0.15) is 11.2 Å².